The number of imidazole rings is 1. The SMILES string of the molecule is CSc1cccc(NC(=O)N2CCN(c3nc4ccccc4n3C)CC2)c1. The number of aromatic nitrogens is 2. The quantitative estimate of drug-likeness (QED) is 0.704. The molecule has 0 unspecified atom stereocenters. The van der Waals surface area contributed by atoms with E-state index in [2.05, 4.69) is 20.9 Å². The molecule has 0 spiro atoms. The lowest BCUT2D eigenvalue weighted by molar-refractivity contribution is 0.208. The van der Waals surface area contributed by atoms with Gasteiger partial charge < -0.3 is 19.7 Å². The number of amides is 2. The first-order chi connectivity index (χ1) is 13.2. The summed E-state index contributed by atoms with van der Waals surface area (Å²) in [6, 6.07) is 16.0. The zero-order chi connectivity index (χ0) is 18.8. The number of anilines is 2. The van der Waals surface area contributed by atoms with Crippen molar-refractivity contribution in [2.24, 2.45) is 7.05 Å². The van der Waals surface area contributed by atoms with Crippen molar-refractivity contribution in [3.63, 3.8) is 0 Å². The third-order valence-electron chi connectivity index (χ3n) is 4.93. The normalized spacial score (nSPS) is 14.6. The zero-order valence-corrected chi connectivity index (χ0v) is 16.4. The number of fused-ring (bicyclic) bond motifs is 1. The smallest absolute Gasteiger partial charge is 0.321 e. The number of thioether (sulfide) groups is 1. The summed E-state index contributed by atoms with van der Waals surface area (Å²) in [6.45, 7) is 2.90. The highest BCUT2D eigenvalue weighted by molar-refractivity contribution is 7.98. The molecule has 2 amide bonds. The molecule has 140 valence electrons. The van der Waals surface area contributed by atoms with Crippen molar-refractivity contribution < 1.29 is 4.79 Å². The topological polar surface area (TPSA) is 53.4 Å². The molecule has 7 heteroatoms. The second-order valence-electron chi connectivity index (χ2n) is 6.60. The van der Waals surface area contributed by atoms with Crippen LogP contribution in [0.25, 0.3) is 11.0 Å². The van der Waals surface area contributed by atoms with Gasteiger partial charge in [-0.05, 0) is 36.6 Å². The van der Waals surface area contributed by atoms with Crippen LogP contribution in [0.4, 0.5) is 16.4 Å². The maximum absolute atomic E-state index is 12.6. The summed E-state index contributed by atoms with van der Waals surface area (Å²) in [7, 11) is 2.04. The summed E-state index contributed by atoms with van der Waals surface area (Å²) in [6.07, 6.45) is 2.03. The van der Waals surface area contributed by atoms with Crippen LogP contribution >= 0.6 is 11.8 Å². The van der Waals surface area contributed by atoms with E-state index in [0.29, 0.717) is 13.1 Å². The van der Waals surface area contributed by atoms with Gasteiger partial charge in [0.1, 0.15) is 0 Å². The number of piperazine rings is 1. The lowest BCUT2D eigenvalue weighted by Gasteiger charge is -2.35. The van der Waals surface area contributed by atoms with Gasteiger partial charge in [-0.3, -0.25) is 0 Å². The van der Waals surface area contributed by atoms with Gasteiger partial charge in [0.2, 0.25) is 5.95 Å². The van der Waals surface area contributed by atoms with Crippen LogP contribution in [0.15, 0.2) is 53.4 Å². The van der Waals surface area contributed by atoms with Crippen molar-refractivity contribution >= 4 is 40.5 Å². The Bertz CT molecular complexity index is 962. The number of para-hydroxylation sites is 2. The van der Waals surface area contributed by atoms with Crippen LogP contribution in [0, 0.1) is 0 Å². The molecule has 2 aromatic carbocycles. The maximum Gasteiger partial charge on any atom is 0.321 e. The van der Waals surface area contributed by atoms with E-state index in [1.807, 2.05) is 60.7 Å². The van der Waals surface area contributed by atoms with Crippen molar-refractivity contribution in [2.75, 3.05) is 42.7 Å². The van der Waals surface area contributed by atoms with Gasteiger partial charge in [0.25, 0.3) is 0 Å². The van der Waals surface area contributed by atoms with Gasteiger partial charge in [-0.2, -0.15) is 0 Å². The van der Waals surface area contributed by atoms with Crippen LogP contribution in [0.5, 0.6) is 0 Å². The highest BCUT2D eigenvalue weighted by Gasteiger charge is 2.24. The van der Waals surface area contributed by atoms with E-state index in [0.717, 1.165) is 40.7 Å². The minimum absolute atomic E-state index is 0.0436. The summed E-state index contributed by atoms with van der Waals surface area (Å²) in [5.74, 6) is 0.962. The first kappa shape index (κ1) is 17.7. The molecule has 1 aliphatic heterocycles. The highest BCUT2D eigenvalue weighted by Crippen LogP contribution is 2.23. The van der Waals surface area contributed by atoms with Gasteiger partial charge in [0.05, 0.1) is 11.0 Å². The Morgan fingerprint density at radius 3 is 2.59 bits per heavy atom. The minimum Gasteiger partial charge on any atom is -0.339 e. The number of carbonyl (C=O) groups excluding carboxylic acids is 1. The fraction of sp³-hybridized carbons (Fsp3) is 0.300. The van der Waals surface area contributed by atoms with Crippen LogP contribution in [0.2, 0.25) is 0 Å². The van der Waals surface area contributed by atoms with Crippen LogP contribution in [-0.4, -0.2) is 52.9 Å². The number of nitrogens with one attached hydrogen (secondary N) is 1. The molecule has 0 atom stereocenters. The van der Waals surface area contributed by atoms with E-state index in [9.17, 15) is 4.79 Å². The highest BCUT2D eigenvalue weighted by atomic mass is 32.2. The number of benzene rings is 2. The van der Waals surface area contributed by atoms with Crippen molar-refractivity contribution in [3.8, 4) is 0 Å². The predicted molar refractivity (Wildman–Crippen MR) is 112 cm³/mol. The monoisotopic (exact) mass is 381 g/mol. The largest absolute Gasteiger partial charge is 0.339 e. The van der Waals surface area contributed by atoms with Crippen molar-refractivity contribution in [1.82, 2.24) is 14.5 Å². The van der Waals surface area contributed by atoms with E-state index < -0.39 is 0 Å². The molecule has 3 aromatic rings. The van der Waals surface area contributed by atoms with Crippen LogP contribution < -0.4 is 10.2 Å². The second kappa shape index (κ2) is 7.52. The lowest BCUT2D eigenvalue weighted by Crippen LogP contribution is -2.50. The molecule has 2 heterocycles. The molecule has 27 heavy (non-hydrogen) atoms. The predicted octanol–water partition coefficient (Wildman–Crippen LogP) is 3.65. The van der Waals surface area contributed by atoms with Crippen molar-refractivity contribution in [1.29, 1.82) is 0 Å². The van der Waals surface area contributed by atoms with Gasteiger partial charge in [-0.25, -0.2) is 9.78 Å². The molecular formula is C20H23N5OS. The number of urea groups is 1. The van der Waals surface area contributed by atoms with E-state index in [1.165, 1.54) is 0 Å². The summed E-state index contributed by atoms with van der Waals surface area (Å²) in [4.78, 5) is 22.6. The molecule has 0 bridgehead atoms. The zero-order valence-electron chi connectivity index (χ0n) is 15.6. The fourth-order valence-corrected chi connectivity index (χ4v) is 3.89. The van der Waals surface area contributed by atoms with Crippen LogP contribution in [0.1, 0.15) is 0 Å². The third kappa shape index (κ3) is 3.60. The number of hydrogen-bond donors (Lipinski definition) is 1. The van der Waals surface area contributed by atoms with Gasteiger partial charge in [-0.1, -0.05) is 18.2 Å². The summed E-state index contributed by atoms with van der Waals surface area (Å²) in [5.41, 5.74) is 2.97. The Morgan fingerprint density at radius 2 is 1.85 bits per heavy atom. The molecule has 4 rings (SSSR count). The molecule has 1 N–H and O–H groups in total. The Hall–Kier alpha value is -2.67. The van der Waals surface area contributed by atoms with Gasteiger partial charge >= 0.3 is 6.03 Å². The standard InChI is InChI=1S/C20H23N5OS/c1-23-18-9-4-3-8-17(18)22-19(23)24-10-12-25(13-11-24)20(26)21-15-6-5-7-16(14-15)27-2/h3-9,14H,10-13H2,1-2H3,(H,21,26). The van der Waals surface area contributed by atoms with E-state index in [4.69, 9.17) is 4.98 Å². The second-order valence-corrected chi connectivity index (χ2v) is 7.48. The number of carbonyl (C=O) groups is 1. The average Bonchev–Trinajstić information content (AvgIpc) is 3.05. The molecule has 0 saturated carbocycles. The third-order valence-corrected chi connectivity index (χ3v) is 5.66. The molecule has 1 fully saturated rings. The molecular weight excluding hydrogens is 358 g/mol. The Labute approximate surface area is 163 Å². The summed E-state index contributed by atoms with van der Waals surface area (Å²) in [5, 5.41) is 3.01. The van der Waals surface area contributed by atoms with E-state index in [-0.39, 0.29) is 6.03 Å². The lowest BCUT2D eigenvalue weighted by atomic mass is 10.3. The van der Waals surface area contributed by atoms with Crippen molar-refractivity contribution in [3.05, 3.63) is 48.5 Å². The molecule has 1 aliphatic rings. The number of rotatable bonds is 3. The van der Waals surface area contributed by atoms with Gasteiger partial charge in [0, 0.05) is 43.8 Å². The molecule has 6 nitrogen and oxygen atoms in total. The maximum atomic E-state index is 12.6. The van der Waals surface area contributed by atoms with E-state index >= 15 is 0 Å². The van der Waals surface area contributed by atoms with Gasteiger partial charge in [0.15, 0.2) is 0 Å². The van der Waals surface area contributed by atoms with Crippen molar-refractivity contribution in [2.45, 2.75) is 4.90 Å². The number of hydrogen-bond acceptors (Lipinski definition) is 4. The first-order valence-corrected chi connectivity index (χ1v) is 10.2. The molecule has 0 aliphatic carbocycles. The molecule has 1 aromatic heterocycles. The van der Waals surface area contributed by atoms with Crippen LogP contribution in [0.3, 0.4) is 0 Å². The van der Waals surface area contributed by atoms with E-state index in [1.54, 1.807) is 11.8 Å². The Morgan fingerprint density at radius 1 is 1.07 bits per heavy atom. The molecule has 0 radical (unpaired) electrons. The number of aryl methyl sites for hydroxylation is 1. The van der Waals surface area contributed by atoms with Crippen LogP contribution in [-0.2, 0) is 7.05 Å². The fourth-order valence-electron chi connectivity index (χ4n) is 3.43. The minimum atomic E-state index is -0.0436. The van der Waals surface area contributed by atoms with Gasteiger partial charge in [-0.15, -0.1) is 11.8 Å². The number of nitrogens with zero attached hydrogens (tertiary/aromatic N) is 4. The Kier molecular flexibility index (Phi) is 4.94. The summed E-state index contributed by atoms with van der Waals surface area (Å²) < 4.78 is 2.12. The average molecular weight is 382 g/mol. The summed E-state index contributed by atoms with van der Waals surface area (Å²) >= 11 is 1.67. The Balaban J connectivity index is 1.40. The molecule has 1 saturated heterocycles. The first-order valence-electron chi connectivity index (χ1n) is 9.02.